The highest BCUT2D eigenvalue weighted by Gasteiger charge is 2.34. The molecule has 0 aromatic carbocycles. The van der Waals surface area contributed by atoms with E-state index in [1.54, 1.807) is 7.11 Å². The molecule has 0 bridgehead atoms. The lowest BCUT2D eigenvalue weighted by Gasteiger charge is -2.21. The summed E-state index contributed by atoms with van der Waals surface area (Å²) in [4.78, 5) is 5.18. The zero-order valence-corrected chi connectivity index (χ0v) is 7.05. The Hall–Kier alpha value is -0.530. The van der Waals surface area contributed by atoms with Crippen LogP contribution in [0.1, 0.15) is 33.1 Å². The molecule has 0 saturated heterocycles. The Morgan fingerprint density at radius 3 is 2.60 bits per heavy atom. The molecular weight excluding hydrogens is 126 g/mol. The summed E-state index contributed by atoms with van der Waals surface area (Å²) in [6.45, 7) is 4.40. The molecule has 0 spiro atoms. The summed E-state index contributed by atoms with van der Waals surface area (Å²) < 4.78 is 1.95. The predicted molar refractivity (Wildman–Crippen MR) is 41.3 cm³/mol. The Kier molecular flexibility index (Phi) is 1.97. The van der Waals surface area contributed by atoms with Crippen LogP contribution in [0.15, 0.2) is 0 Å². The first-order chi connectivity index (χ1) is 4.67. The van der Waals surface area contributed by atoms with Crippen LogP contribution >= 0.6 is 0 Å². The van der Waals surface area contributed by atoms with Gasteiger partial charge in [0.2, 0.25) is 5.54 Å². The Morgan fingerprint density at radius 2 is 2.20 bits per heavy atom. The number of rotatable bonds is 1. The van der Waals surface area contributed by atoms with Crippen molar-refractivity contribution in [1.29, 1.82) is 0 Å². The smallest absolute Gasteiger partial charge is 0.205 e. The van der Waals surface area contributed by atoms with Crippen molar-refractivity contribution < 1.29 is 9.58 Å². The van der Waals surface area contributed by atoms with Crippen molar-refractivity contribution in [1.82, 2.24) is 0 Å². The molecule has 0 saturated carbocycles. The third kappa shape index (κ3) is 1.31. The summed E-state index contributed by atoms with van der Waals surface area (Å²) in [5, 5.41) is 0. The molecule has 1 aliphatic rings. The van der Waals surface area contributed by atoms with Crippen molar-refractivity contribution in [3.05, 3.63) is 0 Å². The van der Waals surface area contributed by atoms with Gasteiger partial charge in [0.25, 0.3) is 0 Å². The summed E-state index contributed by atoms with van der Waals surface area (Å²) in [6, 6.07) is 0. The first-order valence-corrected chi connectivity index (χ1v) is 3.83. The summed E-state index contributed by atoms with van der Waals surface area (Å²) in [5.41, 5.74) is 0.201. The highest BCUT2D eigenvalue weighted by Crippen LogP contribution is 2.20. The zero-order valence-electron chi connectivity index (χ0n) is 7.05. The molecule has 0 aromatic rings. The SMILES string of the molecule is CO[N+]1=CCCCC1(C)C. The Morgan fingerprint density at radius 1 is 1.50 bits per heavy atom. The molecule has 0 radical (unpaired) electrons. The van der Waals surface area contributed by atoms with E-state index in [1.807, 2.05) is 4.74 Å². The van der Waals surface area contributed by atoms with Crippen LogP contribution < -0.4 is 0 Å². The lowest BCUT2D eigenvalue weighted by atomic mass is 9.95. The van der Waals surface area contributed by atoms with Gasteiger partial charge in [-0.05, 0) is 11.2 Å². The fourth-order valence-corrected chi connectivity index (χ4v) is 1.42. The van der Waals surface area contributed by atoms with Gasteiger partial charge >= 0.3 is 0 Å². The van der Waals surface area contributed by atoms with E-state index in [1.165, 1.54) is 12.8 Å². The highest BCUT2D eigenvalue weighted by atomic mass is 16.7. The average molecular weight is 142 g/mol. The minimum Gasteiger partial charge on any atom is -0.280 e. The summed E-state index contributed by atoms with van der Waals surface area (Å²) in [5.74, 6) is 0. The van der Waals surface area contributed by atoms with E-state index in [0.29, 0.717) is 0 Å². The Labute approximate surface area is 62.5 Å². The fourth-order valence-electron chi connectivity index (χ4n) is 1.42. The van der Waals surface area contributed by atoms with E-state index < -0.39 is 0 Å². The molecule has 2 heteroatoms. The molecule has 0 amide bonds. The van der Waals surface area contributed by atoms with Gasteiger partial charge in [0.15, 0.2) is 6.21 Å². The maximum atomic E-state index is 5.18. The minimum absolute atomic E-state index is 0.201. The van der Waals surface area contributed by atoms with Crippen LogP contribution in [0.4, 0.5) is 0 Å². The average Bonchev–Trinajstić information content (AvgIpc) is 1.87. The quantitative estimate of drug-likeness (QED) is 0.506. The van der Waals surface area contributed by atoms with E-state index >= 15 is 0 Å². The third-order valence-corrected chi connectivity index (χ3v) is 2.08. The monoisotopic (exact) mass is 142 g/mol. The summed E-state index contributed by atoms with van der Waals surface area (Å²) in [7, 11) is 1.73. The second-order valence-electron chi connectivity index (χ2n) is 3.40. The van der Waals surface area contributed by atoms with Crippen LogP contribution in [-0.4, -0.2) is 23.6 Å². The van der Waals surface area contributed by atoms with Crippen molar-refractivity contribution in [3.8, 4) is 0 Å². The van der Waals surface area contributed by atoms with E-state index in [4.69, 9.17) is 4.84 Å². The van der Waals surface area contributed by atoms with Gasteiger partial charge in [-0.3, -0.25) is 4.84 Å². The summed E-state index contributed by atoms with van der Waals surface area (Å²) in [6.07, 6.45) is 5.78. The first-order valence-electron chi connectivity index (χ1n) is 3.83. The van der Waals surface area contributed by atoms with Crippen LogP contribution in [0, 0.1) is 0 Å². The maximum absolute atomic E-state index is 5.18. The van der Waals surface area contributed by atoms with Crippen molar-refractivity contribution in [2.24, 2.45) is 0 Å². The van der Waals surface area contributed by atoms with Gasteiger partial charge in [-0.15, -0.1) is 0 Å². The molecule has 0 N–H and O–H groups in total. The highest BCUT2D eigenvalue weighted by molar-refractivity contribution is 5.51. The molecule has 0 aliphatic carbocycles. The first kappa shape index (κ1) is 7.58. The molecule has 10 heavy (non-hydrogen) atoms. The number of nitrogens with zero attached hydrogens (tertiary/aromatic N) is 1. The van der Waals surface area contributed by atoms with Gasteiger partial charge in [0.1, 0.15) is 7.11 Å². The molecule has 2 nitrogen and oxygen atoms in total. The largest absolute Gasteiger partial charge is 0.280 e. The molecule has 1 rings (SSSR count). The van der Waals surface area contributed by atoms with Crippen LogP contribution in [-0.2, 0) is 4.84 Å². The van der Waals surface area contributed by atoms with Crippen molar-refractivity contribution in [3.63, 3.8) is 0 Å². The fraction of sp³-hybridized carbons (Fsp3) is 0.875. The van der Waals surface area contributed by atoms with Gasteiger partial charge < -0.3 is 0 Å². The van der Waals surface area contributed by atoms with Gasteiger partial charge in [-0.1, -0.05) is 0 Å². The Bertz CT molecular complexity index is 149. The molecule has 0 unspecified atom stereocenters. The lowest BCUT2D eigenvalue weighted by Crippen LogP contribution is -2.38. The topological polar surface area (TPSA) is 12.2 Å². The van der Waals surface area contributed by atoms with Gasteiger partial charge in [-0.25, -0.2) is 0 Å². The molecule has 0 atom stereocenters. The van der Waals surface area contributed by atoms with E-state index in [-0.39, 0.29) is 5.54 Å². The van der Waals surface area contributed by atoms with Gasteiger partial charge in [0, 0.05) is 26.7 Å². The molecular formula is C8H16NO+. The molecule has 58 valence electrons. The van der Waals surface area contributed by atoms with Crippen molar-refractivity contribution in [2.45, 2.75) is 38.6 Å². The van der Waals surface area contributed by atoms with Crippen LogP contribution in [0.5, 0.6) is 0 Å². The normalized spacial score (nSPS) is 23.7. The zero-order chi connectivity index (χ0) is 7.61. The number of hydroxylamine groups is 1. The number of hydrogen-bond donors (Lipinski definition) is 0. The van der Waals surface area contributed by atoms with Gasteiger partial charge in [-0.2, -0.15) is 0 Å². The molecule has 1 heterocycles. The second-order valence-corrected chi connectivity index (χ2v) is 3.40. The molecule has 1 aliphatic heterocycles. The van der Waals surface area contributed by atoms with Crippen molar-refractivity contribution in [2.75, 3.05) is 7.11 Å². The summed E-state index contributed by atoms with van der Waals surface area (Å²) >= 11 is 0. The van der Waals surface area contributed by atoms with Crippen LogP contribution in [0.25, 0.3) is 0 Å². The van der Waals surface area contributed by atoms with Crippen LogP contribution in [0.3, 0.4) is 0 Å². The third-order valence-electron chi connectivity index (χ3n) is 2.08. The van der Waals surface area contributed by atoms with E-state index in [9.17, 15) is 0 Å². The predicted octanol–water partition coefficient (Wildman–Crippen LogP) is 1.59. The lowest BCUT2D eigenvalue weighted by molar-refractivity contribution is -0.826. The van der Waals surface area contributed by atoms with Crippen LogP contribution in [0.2, 0.25) is 0 Å². The molecule has 0 fully saturated rings. The number of hydrogen-bond acceptors (Lipinski definition) is 1. The minimum atomic E-state index is 0.201. The van der Waals surface area contributed by atoms with E-state index in [0.717, 1.165) is 6.42 Å². The van der Waals surface area contributed by atoms with Crippen molar-refractivity contribution >= 4 is 6.21 Å². The second kappa shape index (κ2) is 2.60. The van der Waals surface area contributed by atoms with E-state index in [2.05, 4.69) is 20.1 Å². The molecule has 0 aromatic heterocycles. The van der Waals surface area contributed by atoms with Gasteiger partial charge in [0.05, 0.1) is 0 Å². The standard InChI is InChI=1S/C8H16NO/c1-8(2)6-4-5-7-9(8)10-3/h7H,4-6H2,1-3H3/q+1. The Balaban J connectivity index is 2.73. The maximum Gasteiger partial charge on any atom is 0.205 e.